The molecule has 0 aromatic carbocycles. The SMILES string of the molecule is [2H]C([2H])C([2H])([2H])CCCc1occ(C)c1C. The maximum Gasteiger partial charge on any atom is 0.106 e. The largest absolute Gasteiger partial charge is 0.469 e. The molecule has 0 aliphatic heterocycles. The third-order valence-corrected chi connectivity index (χ3v) is 2.11. The highest BCUT2D eigenvalue weighted by Crippen LogP contribution is 2.17. The maximum absolute atomic E-state index is 7.47. The summed E-state index contributed by atoms with van der Waals surface area (Å²) in [6, 6.07) is 0. The van der Waals surface area contributed by atoms with Crippen molar-refractivity contribution in [1.82, 2.24) is 0 Å². The van der Waals surface area contributed by atoms with Crippen molar-refractivity contribution < 1.29 is 9.90 Å². The van der Waals surface area contributed by atoms with Gasteiger partial charge in [0, 0.05) is 11.9 Å². The van der Waals surface area contributed by atoms with E-state index >= 15 is 0 Å². The van der Waals surface area contributed by atoms with Crippen molar-refractivity contribution in [2.75, 3.05) is 0 Å². The minimum Gasteiger partial charge on any atom is -0.469 e. The normalized spacial score (nSPS) is 16.9. The van der Waals surface area contributed by atoms with Crippen LogP contribution >= 0.6 is 0 Å². The van der Waals surface area contributed by atoms with Crippen LogP contribution in [0.25, 0.3) is 0 Å². The van der Waals surface area contributed by atoms with Crippen LogP contribution in [0.5, 0.6) is 0 Å². The van der Waals surface area contributed by atoms with Crippen LogP contribution in [0.1, 0.15) is 48.5 Å². The van der Waals surface area contributed by atoms with Gasteiger partial charge in [-0.05, 0) is 31.4 Å². The van der Waals surface area contributed by atoms with Crippen LogP contribution in [0.3, 0.4) is 0 Å². The Morgan fingerprint density at radius 2 is 2.33 bits per heavy atom. The highest BCUT2D eigenvalue weighted by Gasteiger charge is 2.04. The second-order valence-electron chi connectivity index (χ2n) is 3.02. The lowest BCUT2D eigenvalue weighted by Crippen LogP contribution is -1.85. The van der Waals surface area contributed by atoms with Gasteiger partial charge in [0.1, 0.15) is 5.76 Å². The quantitative estimate of drug-likeness (QED) is 0.672. The summed E-state index contributed by atoms with van der Waals surface area (Å²) in [6.45, 7) is 2.54. The van der Waals surface area contributed by atoms with E-state index in [1.54, 1.807) is 6.26 Å². The lowest BCUT2D eigenvalue weighted by Gasteiger charge is -1.97. The van der Waals surface area contributed by atoms with Gasteiger partial charge in [-0.25, -0.2) is 0 Å². The molecule has 12 heavy (non-hydrogen) atoms. The predicted molar refractivity (Wildman–Crippen MR) is 51.4 cm³/mol. The van der Waals surface area contributed by atoms with Crippen molar-refractivity contribution in [1.29, 1.82) is 0 Å². The molecule has 0 radical (unpaired) electrons. The van der Waals surface area contributed by atoms with E-state index in [-0.39, 0.29) is 6.42 Å². The fourth-order valence-corrected chi connectivity index (χ4v) is 1.15. The van der Waals surface area contributed by atoms with E-state index in [2.05, 4.69) is 0 Å². The molecular weight excluding hydrogens is 148 g/mol. The Hall–Kier alpha value is -0.720. The average Bonchev–Trinajstić information content (AvgIpc) is 2.49. The summed E-state index contributed by atoms with van der Waals surface area (Å²) >= 11 is 0. The predicted octanol–water partition coefficient (Wildman–Crippen LogP) is 3.63. The van der Waals surface area contributed by atoms with Gasteiger partial charge in [-0.2, -0.15) is 0 Å². The Morgan fingerprint density at radius 1 is 1.50 bits per heavy atom. The first-order chi connectivity index (χ1) is 7.34. The van der Waals surface area contributed by atoms with Crippen molar-refractivity contribution in [3.8, 4) is 0 Å². The molecule has 0 bridgehead atoms. The first kappa shape index (κ1) is 5.11. The molecule has 1 rings (SSSR count). The molecular formula is C11H18O. The first-order valence-corrected chi connectivity index (χ1v) is 4.22. The molecule has 0 amide bonds. The van der Waals surface area contributed by atoms with Crippen LogP contribution < -0.4 is 0 Å². The van der Waals surface area contributed by atoms with Crippen LogP contribution in [0, 0.1) is 13.8 Å². The fraction of sp³-hybridized carbons (Fsp3) is 0.636. The highest BCUT2D eigenvalue weighted by molar-refractivity contribution is 5.24. The van der Waals surface area contributed by atoms with E-state index < -0.39 is 13.2 Å². The third kappa shape index (κ3) is 2.13. The molecule has 0 unspecified atom stereocenters. The van der Waals surface area contributed by atoms with Crippen molar-refractivity contribution in [2.24, 2.45) is 0 Å². The van der Waals surface area contributed by atoms with Gasteiger partial charge in [-0.3, -0.25) is 0 Å². The van der Waals surface area contributed by atoms with Crippen LogP contribution in [0.15, 0.2) is 10.7 Å². The van der Waals surface area contributed by atoms with Crippen molar-refractivity contribution >= 4 is 0 Å². The summed E-state index contributed by atoms with van der Waals surface area (Å²) in [7, 11) is 0. The van der Waals surface area contributed by atoms with Gasteiger partial charge < -0.3 is 4.42 Å². The molecule has 0 N–H and O–H groups in total. The van der Waals surface area contributed by atoms with E-state index in [0.29, 0.717) is 12.8 Å². The summed E-state index contributed by atoms with van der Waals surface area (Å²) < 4.78 is 34.4. The Morgan fingerprint density at radius 3 is 2.92 bits per heavy atom. The molecule has 0 atom stereocenters. The molecule has 1 nitrogen and oxygen atoms in total. The summed E-state index contributed by atoms with van der Waals surface area (Å²) in [5.74, 6) is 0.889. The zero-order chi connectivity index (χ0) is 12.3. The zero-order valence-corrected chi connectivity index (χ0v) is 7.68. The van der Waals surface area contributed by atoms with Gasteiger partial charge in [0.15, 0.2) is 0 Å². The number of furan rings is 1. The molecule has 1 aromatic heterocycles. The van der Waals surface area contributed by atoms with Crippen LogP contribution in [0.4, 0.5) is 0 Å². The van der Waals surface area contributed by atoms with Gasteiger partial charge in [-0.1, -0.05) is 19.7 Å². The summed E-state index contributed by atoms with van der Waals surface area (Å²) in [5, 5.41) is 0. The van der Waals surface area contributed by atoms with E-state index in [1.165, 1.54) is 0 Å². The lowest BCUT2D eigenvalue weighted by atomic mass is 10.1. The van der Waals surface area contributed by atoms with Crippen LogP contribution in [0.2, 0.25) is 0 Å². The van der Waals surface area contributed by atoms with Crippen molar-refractivity contribution in [2.45, 2.75) is 46.4 Å². The summed E-state index contributed by atoms with van der Waals surface area (Å²) in [6.07, 6.45) is 1.48. The Kier molecular flexibility index (Phi) is 1.85. The minimum atomic E-state index is -1.73. The minimum absolute atomic E-state index is 0.226. The van der Waals surface area contributed by atoms with E-state index in [0.717, 1.165) is 16.9 Å². The number of hydrogen-bond acceptors (Lipinski definition) is 1. The van der Waals surface area contributed by atoms with Crippen molar-refractivity contribution in [3.05, 3.63) is 23.2 Å². The molecule has 0 saturated heterocycles. The van der Waals surface area contributed by atoms with Gasteiger partial charge in [0.05, 0.1) is 6.26 Å². The average molecular weight is 170 g/mol. The van der Waals surface area contributed by atoms with Crippen LogP contribution in [-0.4, -0.2) is 0 Å². The molecule has 68 valence electrons. The molecule has 0 saturated carbocycles. The van der Waals surface area contributed by atoms with E-state index in [9.17, 15) is 0 Å². The second-order valence-corrected chi connectivity index (χ2v) is 3.02. The van der Waals surface area contributed by atoms with Gasteiger partial charge >= 0.3 is 0 Å². The Labute approximate surface area is 80.4 Å². The zero-order valence-electron chi connectivity index (χ0n) is 11.7. The van der Waals surface area contributed by atoms with Gasteiger partial charge in [-0.15, -0.1) is 0 Å². The highest BCUT2D eigenvalue weighted by atomic mass is 16.3. The Balaban J connectivity index is 2.45. The molecule has 0 fully saturated rings. The standard InChI is InChI=1S/C11H18O/c1-4-5-6-7-11-10(3)9(2)8-12-11/h8H,4-7H2,1-3H3/i1D2,4D2. The maximum atomic E-state index is 7.47. The Bertz CT molecular complexity index is 344. The van der Waals surface area contributed by atoms with Gasteiger partial charge in [0.2, 0.25) is 0 Å². The number of rotatable bonds is 4. The molecule has 0 aliphatic rings. The molecule has 1 heterocycles. The van der Waals surface area contributed by atoms with E-state index in [1.807, 2.05) is 13.8 Å². The lowest BCUT2D eigenvalue weighted by molar-refractivity contribution is 0.493. The van der Waals surface area contributed by atoms with Gasteiger partial charge in [0.25, 0.3) is 0 Å². The summed E-state index contributed by atoms with van der Waals surface area (Å²) in [5.41, 5.74) is 2.23. The topological polar surface area (TPSA) is 13.1 Å². The smallest absolute Gasteiger partial charge is 0.106 e. The van der Waals surface area contributed by atoms with Crippen molar-refractivity contribution in [3.63, 3.8) is 0 Å². The fourth-order valence-electron chi connectivity index (χ4n) is 1.15. The number of aryl methyl sites for hydroxylation is 2. The van der Waals surface area contributed by atoms with E-state index in [4.69, 9.17) is 9.90 Å². The molecule has 1 aromatic rings. The molecule has 1 heteroatoms. The second kappa shape index (κ2) is 4.34. The third-order valence-electron chi connectivity index (χ3n) is 2.11. The monoisotopic (exact) mass is 170 g/mol. The molecule has 0 aliphatic carbocycles. The molecule has 0 spiro atoms. The number of hydrogen-bond donors (Lipinski definition) is 0. The summed E-state index contributed by atoms with van der Waals surface area (Å²) in [4.78, 5) is 0. The van der Waals surface area contributed by atoms with Crippen LogP contribution in [-0.2, 0) is 6.42 Å². The first-order valence-electron chi connectivity index (χ1n) is 6.38.